The maximum atomic E-state index is 10.5. The van der Waals surface area contributed by atoms with Crippen molar-refractivity contribution in [3.8, 4) is 5.75 Å². The van der Waals surface area contributed by atoms with Gasteiger partial charge in [-0.2, -0.15) is 8.42 Å². The molecule has 0 fully saturated rings. The van der Waals surface area contributed by atoms with E-state index in [0.29, 0.717) is 13.1 Å². The van der Waals surface area contributed by atoms with Crippen LogP contribution in [0.4, 0.5) is 0 Å². The third kappa shape index (κ3) is 9.90. The lowest BCUT2D eigenvalue weighted by molar-refractivity contribution is -0.129. The predicted octanol–water partition coefficient (Wildman–Crippen LogP) is 3.10. The van der Waals surface area contributed by atoms with E-state index >= 15 is 0 Å². The summed E-state index contributed by atoms with van der Waals surface area (Å²) in [4.78, 5) is 19.4. The summed E-state index contributed by atoms with van der Waals surface area (Å²) < 4.78 is 38.6. The summed E-state index contributed by atoms with van der Waals surface area (Å²) in [5, 5.41) is 0. The standard InChI is InChI=1S/C8H8O2.C7H6O5S.2CH4/c9-7-10-6-8-4-2-1-3-5-8;8-5-12-6-1-3-7(4-2-6)13(9,10)11;;/h1-5,7H,6H2;1-5H,(H,9,10,11);2*1H4. The van der Waals surface area contributed by atoms with Crippen LogP contribution < -0.4 is 4.74 Å². The molecule has 0 aliphatic heterocycles. The molecule has 0 amide bonds. The van der Waals surface area contributed by atoms with Crippen LogP contribution in [0, 0.1) is 0 Å². The van der Waals surface area contributed by atoms with Crippen LogP contribution in [0.25, 0.3) is 0 Å². The van der Waals surface area contributed by atoms with E-state index in [1.165, 1.54) is 12.1 Å². The Morgan fingerprint density at radius 3 is 1.88 bits per heavy atom. The molecule has 2 rings (SSSR count). The number of ether oxygens (including phenoxy) is 2. The van der Waals surface area contributed by atoms with Gasteiger partial charge in [0.1, 0.15) is 12.4 Å². The Morgan fingerprint density at radius 2 is 1.44 bits per heavy atom. The first kappa shape index (κ1) is 24.5. The third-order valence-electron chi connectivity index (χ3n) is 2.47. The molecule has 0 saturated heterocycles. The molecule has 0 spiro atoms. The zero-order valence-electron chi connectivity index (χ0n) is 11.9. The smallest absolute Gasteiger partial charge is 0.298 e. The van der Waals surface area contributed by atoms with E-state index in [0.717, 1.165) is 17.7 Å². The molecule has 0 unspecified atom stereocenters. The van der Waals surface area contributed by atoms with Crippen molar-refractivity contribution in [2.24, 2.45) is 0 Å². The van der Waals surface area contributed by atoms with Crippen molar-refractivity contribution in [1.29, 1.82) is 0 Å². The van der Waals surface area contributed by atoms with Gasteiger partial charge in [0.2, 0.25) is 0 Å². The van der Waals surface area contributed by atoms with Gasteiger partial charge in [-0.1, -0.05) is 45.2 Å². The normalized spacial score (nSPS) is 9.16. The van der Waals surface area contributed by atoms with Gasteiger partial charge >= 0.3 is 0 Å². The Hall–Kier alpha value is -2.71. The third-order valence-corrected chi connectivity index (χ3v) is 3.33. The largest absolute Gasteiger partial charge is 0.463 e. The topological polar surface area (TPSA) is 107 Å². The van der Waals surface area contributed by atoms with Crippen LogP contribution in [0.5, 0.6) is 5.75 Å². The van der Waals surface area contributed by atoms with Gasteiger partial charge in [0, 0.05) is 0 Å². The minimum atomic E-state index is -4.18. The second kappa shape index (κ2) is 12.7. The van der Waals surface area contributed by atoms with Crippen molar-refractivity contribution in [1.82, 2.24) is 0 Å². The lowest BCUT2D eigenvalue weighted by Crippen LogP contribution is -1.97. The molecule has 0 atom stereocenters. The number of hydrogen-bond donors (Lipinski definition) is 1. The lowest BCUT2D eigenvalue weighted by Gasteiger charge is -1.98. The van der Waals surface area contributed by atoms with Crippen LogP contribution in [-0.2, 0) is 31.1 Å². The van der Waals surface area contributed by atoms with Crippen molar-refractivity contribution in [2.75, 3.05) is 0 Å². The highest BCUT2D eigenvalue weighted by Crippen LogP contribution is 2.14. The Morgan fingerprint density at radius 1 is 0.880 bits per heavy atom. The average Bonchev–Trinajstić information content (AvgIpc) is 2.54. The maximum Gasteiger partial charge on any atom is 0.298 e. The summed E-state index contributed by atoms with van der Waals surface area (Å²) >= 11 is 0. The average molecular weight is 370 g/mol. The van der Waals surface area contributed by atoms with Crippen LogP contribution in [0.2, 0.25) is 0 Å². The number of hydrogen-bond acceptors (Lipinski definition) is 6. The van der Waals surface area contributed by atoms with Gasteiger partial charge in [-0.05, 0) is 29.8 Å². The van der Waals surface area contributed by atoms with Crippen molar-refractivity contribution in [2.45, 2.75) is 26.4 Å². The first-order chi connectivity index (χ1) is 11.0. The number of carbonyl (C=O) groups excluding carboxylic acids is 2. The molecule has 0 aliphatic rings. The molecule has 1 N–H and O–H groups in total. The molecule has 0 bridgehead atoms. The van der Waals surface area contributed by atoms with Gasteiger partial charge in [0.15, 0.2) is 0 Å². The first-order valence-corrected chi connectivity index (χ1v) is 7.68. The Labute approximate surface area is 148 Å². The molecule has 0 aliphatic carbocycles. The van der Waals surface area contributed by atoms with Crippen molar-refractivity contribution < 1.29 is 32.0 Å². The summed E-state index contributed by atoms with van der Waals surface area (Å²) in [7, 11) is -4.18. The van der Waals surface area contributed by atoms with E-state index in [4.69, 9.17) is 4.55 Å². The SMILES string of the molecule is C.C.O=COCc1ccccc1.O=COc1ccc(S(=O)(=O)O)cc1. The number of benzene rings is 2. The van der Waals surface area contributed by atoms with E-state index in [9.17, 15) is 18.0 Å². The second-order valence-corrected chi connectivity index (χ2v) is 5.47. The summed E-state index contributed by atoms with van der Waals surface area (Å²) in [6.45, 7) is 1.04. The molecular weight excluding hydrogens is 348 g/mol. The summed E-state index contributed by atoms with van der Waals surface area (Å²) in [5.41, 5.74) is 1.01. The lowest BCUT2D eigenvalue weighted by atomic mass is 10.2. The van der Waals surface area contributed by atoms with Gasteiger partial charge in [-0.25, -0.2) is 0 Å². The van der Waals surface area contributed by atoms with Gasteiger partial charge in [0.05, 0.1) is 4.90 Å². The van der Waals surface area contributed by atoms with Crippen LogP contribution >= 0.6 is 0 Å². The van der Waals surface area contributed by atoms with E-state index in [1.807, 2.05) is 30.3 Å². The van der Waals surface area contributed by atoms with Crippen LogP contribution in [0.1, 0.15) is 20.4 Å². The number of rotatable bonds is 6. The highest BCUT2D eigenvalue weighted by Gasteiger charge is 2.08. The Bertz CT molecular complexity index is 710. The minimum Gasteiger partial charge on any atom is -0.463 e. The summed E-state index contributed by atoms with van der Waals surface area (Å²) in [6, 6.07) is 14.3. The Kier molecular flexibility index (Phi) is 12.4. The molecular formula is C17H22O7S. The van der Waals surface area contributed by atoms with Crippen molar-refractivity contribution >= 4 is 23.1 Å². The molecule has 0 aromatic heterocycles. The zero-order chi connectivity index (χ0) is 17.1. The molecule has 138 valence electrons. The van der Waals surface area contributed by atoms with Crippen LogP contribution in [0.15, 0.2) is 59.5 Å². The first-order valence-electron chi connectivity index (χ1n) is 6.24. The van der Waals surface area contributed by atoms with E-state index in [1.54, 1.807) is 0 Å². The van der Waals surface area contributed by atoms with Gasteiger partial charge < -0.3 is 9.47 Å². The minimum absolute atomic E-state index is 0. The molecule has 2 aromatic rings. The quantitative estimate of drug-likeness (QED) is 0.615. The highest BCUT2D eigenvalue weighted by atomic mass is 32.2. The number of carbonyl (C=O) groups is 2. The molecule has 7 nitrogen and oxygen atoms in total. The summed E-state index contributed by atoms with van der Waals surface area (Å²) in [6.07, 6.45) is 0. The van der Waals surface area contributed by atoms with Crippen LogP contribution in [0.3, 0.4) is 0 Å². The monoisotopic (exact) mass is 370 g/mol. The van der Waals surface area contributed by atoms with Crippen molar-refractivity contribution in [3.05, 3.63) is 60.2 Å². The highest BCUT2D eigenvalue weighted by molar-refractivity contribution is 7.85. The van der Waals surface area contributed by atoms with Crippen LogP contribution in [-0.4, -0.2) is 25.9 Å². The second-order valence-electron chi connectivity index (χ2n) is 4.05. The van der Waals surface area contributed by atoms with E-state index < -0.39 is 10.1 Å². The fourth-order valence-corrected chi connectivity index (χ4v) is 1.93. The molecule has 8 heteroatoms. The molecule has 2 aromatic carbocycles. The maximum absolute atomic E-state index is 10.5. The van der Waals surface area contributed by atoms with E-state index in [2.05, 4.69) is 9.47 Å². The zero-order valence-corrected chi connectivity index (χ0v) is 12.7. The Balaban J connectivity index is 0. The van der Waals surface area contributed by atoms with Gasteiger partial charge in [-0.15, -0.1) is 0 Å². The van der Waals surface area contributed by atoms with Crippen molar-refractivity contribution in [3.63, 3.8) is 0 Å². The molecule has 0 radical (unpaired) electrons. The summed E-state index contributed by atoms with van der Waals surface area (Å²) in [5.74, 6) is 0.211. The predicted molar refractivity (Wildman–Crippen MR) is 93.7 cm³/mol. The van der Waals surface area contributed by atoms with Gasteiger partial charge in [0.25, 0.3) is 23.1 Å². The fourth-order valence-electron chi connectivity index (χ4n) is 1.45. The van der Waals surface area contributed by atoms with E-state index in [-0.39, 0.29) is 32.0 Å². The molecule has 25 heavy (non-hydrogen) atoms. The molecule has 0 saturated carbocycles. The fraction of sp³-hybridized carbons (Fsp3) is 0.176. The van der Waals surface area contributed by atoms with Gasteiger partial charge in [-0.3, -0.25) is 14.1 Å². The molecule has 0 heterocycles.